The summed E-state index contributed by atoms with van der Waals surface area (Å²) in [6.07, 6.45) is 0. The van der Waals surface area contributed by atoms with Crippen molar-refractivity contribution in [2.24, 2.45) is 5.92 Å². The molecule has 0 heterocycles. The fourth-order valence-corrected chi connectivity index (χ4v) is 1.27. The van der Waals surface area contributed by atoms with E-state index in [0.717, 1.165) is 0 Å². The van der Waals surface area contributed by atoms with Gasteiger partial charge >= 0.3 is 5.97 Å². The predicted molar refractivity (Wildman–Crippen MR) is 58.7 cm³/mol. The quantitative estimate of drug-likeness (QED) is 0.862. The van der Waals surface area contributed by atoms with Crippen molar-refractivity contribution in [1.82, 2.24) is 0 Å². The van der Waals surface area contributed by atoms with Crippen LogP contribution in [0.5, 0.6) is 5.75 Å². The van der Waals surface area contributed by atoms with Crippen molar-refractivity contribution in [3.05, 3.63) is 28.8 Å². The smallest absolute Gasteiger partial charge is 0.337 e. The van der Waals surface area contributed by atoms with Crippen molar-refractivity contribution in [3.8, 4) is 5.75 Å². The van der Waals surface area contributed by atoms with Crippen LogP contribution in [0.4, 0.5) is 0 Å². The van der Waals surface area contributed by atoms with Gasteiger partial charge in [-0.05, 0) is 24.1 Å². The number of carboxylic acids is 1. The highest BCUT2D eigenvalue weighted by molar-refractivity contribution is 6.33. The van der Waals surface area contributed by atoms with E-state index >= 15 is 0 Å². The van der Waals surface area contributed by atoms with Crippen LogP contribution < -0.4 is 4.74 Å². The summed E-state index contributed by atoms with van der Waals surface area (Å²) >= 11 is 5.78. The molecule has 0 spiro atoms. The zero-order chi connectivity index (χ0) is 11.4. The number of carboxylic acid groups (broad SMARTS) is 1. The average molecular weight is 229 g/mol. The molecule has 1 N–H and O–H groups in total. The van der Waals surface area contributed by atoms with E-state index in [1.807, 2.05) is 13.8 Å². The van der Waals surface area contributed by atoms with Gasteiger partial charge in [0.15, 0.2) is 0 Å². The Morgan fingerprint density at radius 1 is 1.53 bits per heavy atom. The molecular weight excluding hydrogens is 216 g/mol. The molecular formula is C11H13ClO3. The van der Waals surface area contributed by atoms with Crippen LogP contribution in [0.2, 0.25) is 5.02 Å². The van der Waals surface area contributed by atoms with Crippen LogP contribution in [-0.4, -0.2) is 17.7 Å². The molecule has 0 aliphatic carbocycles. The third-order valence-corrected chi connectivity index (χ3v) is 2.07. The molecule has 1 rings (SSSR count). The number of carbonyl (C=O) groups is 1. The molecule has 0 bridgehead atoms. The first kappa shape index (κ1) is 11.9. The molecule has 1 aromatic carbocycles. The number of rotatable bonds is 4. The Morgan fingerprint density at radius 3 is 2.67 bits per heavy atom. The van der Waals surface area contributed by atoms with Crippen LogP contribution in [-0.2, 0) is 0 Å². The largest absolute Gasteiger partial charge is 0.493 e. The Labute approximate surface area is 93.6 Å². The summed E-state index contributed by atoms with van der Waals surface area (Å²) in [4.78, 5) is 10.7. The highest BCUT2D eigenvalue weighted by Gasteiger charge is 2.09. The fourth-order valence-electron chi connectivity index (χ4n) is 1.02. The number of aromatic carboxylic acids is 1. The van der Waals surface area contributed by atoms with E-state index in [1.54, 1.807) is 6.07 Å². The predicted octanol–water partition coefficient (Wildman–Crippen LogP) is 3.07. The molecule has 0 saturated carbocycles. The molecule has 82 valence electrons. The number of benzene rings is 1. The van der Waals surface area contributed by atoms with Crippen LogP contribution in [0, 0.1) is 5.92 Å². The Hall–Kier alpha value is -1.22. The fraction of sp³-hybridized carbons (Fsp3) is 0.364. The van der Waals surface area contributed by atoms with Gasteiger partial charge in [0, 0.05) is 0 Å². The van der Waals surface area contributed by atoms with E-state index in [9.17, 15) is 4.79 Å². The molecule has 0 aromatic heterocycles. The lowest BCUT2D eigenvalue weighted by atomic mass is 10.2. The summed E-state index contributed by atoms with van der Waals surface area (Å²) in [6, 6.07) is 4.57. The molecule has 0 saturated heterocycles. The Kier molecular flexibility index (Phi) is 3.97. The normalized spacial score (nSPS) is 10.4. The second-order valence-corrected chi connectivity index (χ2v) is 4.06. The minimum absolute atomic E-state index is 0.0913. The summed E-state index contributed by atoms with van der Waals surface area (Å²) in [5.41, 5.74) is 0.0913. The maximum absolute atomic E-state index is 10.7. The number of ether oxygens (including phenoxy) is 1. The lowest BCUT2D eigenvalue weighted by molar-refractivity contribution is 0.0697. The highest BCUT2D eigenvalue weighted by Crippen LogP contribution is 2.22. The van der Waals surface area contributed by atoms with Crippen LogP contribution in [0.15, 0.2) is 18.2 Å². The van der Waals surface area contributed by atoms with Gasteiger partial charge in [-0.1, -0.05) is 25.4 Å². The minimum atomic E-state index is -1.03. The topological polar surface area (TPSA) is 46.5 Å². The summed E-state index contributed by atoms with van der Waals surface area (Å²) in [6.45, 7) is 4.66. The van der Waals surface area contributed by atoms with Gasteiger partial charge in [0.25, 0.3) is 0 Å². The van der Waals surface area contributed by atoms with Gasteiger partial charge in [-0.15, -0.1) is 0 Å². The Balaban J connectivity index is 2.78. The summed E-state index contributed by atoms with van der Waals surface area (Å²) in [7, 11) is 0. The third kappa shape index (κ3) is 3.44. The van der Waals surface area contributed by atoms with Gasteiger partial charge in [-0.25, -0.2) is 4.79 Å². The zero-order valence-corrected chi connectivity index (χ0v) is 9.41. The van der Waals surface area contributed by atoms with Gasteiger partial charge in [0.1, 0.15) is 5.75 Å². The van der Waals surface area contributed by atoms with Crippen molar-refractivity contribution in [2.75, 3.05) is 6.61 Å². The molecule has 0 amide bonds. The van der Waals surface area contributed by atoms with Crippen molar-refractivity contribution in [1.29, 1.82) is 0 Å². The second kappa shape index (κ2) is 5.03. The lowest BCUT2D eigenvalue weighted by Gasteiger charge is -2.09. The monoisotopic (exact) mass is 228 g/mol. The standard InChI is InChI=1S/C11H13ClO3/c1-7(2)6-15-8-3-4-9(11(13)14)10(12)5-8/h3-5,7H,6H2,1-2H3,(H,13,14). The van der Waals surface area contributed by atoms with E-state index in [-0.39, 0.29) is 10.6 Å². The molecule has 15 heavy (non-hydrogen) atoms. The van der Waals surface area contributed by atoms with Crippen LogP contribution in [0.25, 0.3) is 0 Å². The van der Waals surface area contributed by atoms with Crippen LogP contribution in [0.1, 0.15) is 24.2 Å². The van der Waals surface area contributed by atoms with E-state index in [0.29, 0.717) is 18.3 Å². The molecule has 4 heteroatoms. The summed E-state index contributed by atoms with van der Waals surface area (Å²) in [5.74, 6) is -0.0166. The van der Waals surface area contributed by atoms with Gasteiger partial charge in [0.05, 0.1) is 17.2 Å². The first-order valence-electron chi connectivity index (χ1n) is 4.66. The van der Waals surface area contributed by atoms with E-state index in [1.165, 1.54) is 12.1 Å². The lowest BCUT2D eigenvalue weighted by Crippen LogP contribution is -2.05. The third-order valence-electron chi connectivity index (χ3n) is 1.75. The first-order chi connectivity index (χ1) is 7.00. The Morgan fingerprint density at radius 2 is 2.20 bits per heavy atom. The van der Waals surface area contributed by atoms with Crippen molar-refractivity contribution >= 4 is 17.6 Å². The number of hydrogen-bond donors (Lipinski definition) is 1. The number of hydrogen-bond acceptors (Lipinski definition) is 2. The zero-order valence-electron chi connectivity index (χ0n) is 8.66. The van der Waals surface area contributed by atoms with Gasteiger partial charge < -0.3 is 9.84 Å². The minimum Gasteiger partial charge on any atom is -0.493 e. The van der Waals surface area contributed by atoms with Crippen molar-refractivity contribution in [2.45, 2.75) is 13.8 Å². The maximum Gasteiger partial charge on any atom is 0.337 e. The second-order valence-electron chi connectivity index (χ2n) is 3.65. The number of halogens is 1. The molecule has 0 radical (unpaired) electrons. The van der Waals surface area contributed by atoms with Crippen molar-refractivity contribution < 1.29 is 14.6 Å². The van der Waals surface area contributed by atoms with Gasteiger partial charge in [-0.2, -0.15) is 0 Å². The molecule has 3 nitrogen and oxygen atoms in total. The SMILES string of the molecule is CC(C)COc1ccc(C(=O)O)c(Cl)c1. The molecule has 0 unspecified atom stereocenters. The molecule has 0 aliphatic heterocycles. The summed E-state index contributed by atoms with van der Waals surface area (Å²) < 4.78 is 5.41. The van der Waals surface area contributed by atoms with Crippen molar-refractivity contribution in [3.63, 3.8) is 0 Å². The van der Waals surface area contributed by atoms with E-state index in [4.69, 9.17) is 21.4 Å². The van der Waals surface area contributed by atoms with Gasteiger partial charge in [0.2, 0.25) is 0 Å². The van der Waals surface area contributed by atoms with E-state index in [2.05, 4.69) is 0 Å². The highest BCUT2D eigenvalue weighted by atomic mass is 35.5. The van der Waals surface area contributed by atoms with Gasteiger partial charge in [-0.3, -0.25) is 0 Å². The molecule has 1 aromatic rings. The maximum atomic E-state index is 10.7. The Bertz CT molecular complexity index is 361. The van der Waals surface area contributed by atoms with Crippen LogP contribution in [0.3, 0.4) is 0 Å². The summed E-state index contributed by atoms with van der Waals surface area (Å²) in [5, 5.41) is 8.95. The van der Waals surface area contributed by atoms with E-state index < -0.39 is 5.97 Å². The average Bonchev–Trinajstić information content (AvgIpc) is 2.14. The molecule has 0 aliphatic rings. The first-order valence-corrected chi connectivity index (χ1v) is 5.04. The molecule has 0 atom stereocenters. The molecule has 0 fully saturated rings. The van der Waals surface area contributed by atoms with Crippen LogP contribution >= 0.6 is 11.6 Å².